The van der Waals surface area contributed by atoms with Crippen molar-refractivity contribution in [3.8, 4) is 0 Å². The summed E-state index contributed by atoms with van der Waals surface area (Å²) in [5.41, 5.74) is 0.442. The fourth-order valence-corrected chi connectivity index (χ4v) is 5.26. The van der Waals surface area contributed by atoms with Crippen LogP contribution in [-0.2, 0) is 10.0 Å². The first-order chi connectivity index (χ1) is 6.04. The Kier molecular flexibility index (Phi) is 1.34. The van der Waals surface area contributed by atoms with Gasteiger partial charge in [0.05, 0.1) is 5.25 Å². The summed E-state index contributed by atoms with van der Waals surface area (Å²) < 4.78 is 22.6. The van der Waals surface area contributed by atoms with Crippen LogP contribution in [0.1, 0.15) is 32.1 Å². The largest absolute Gasteiger partial charge is 0.228 e. The first kappa shape index (κ1) is 8.24. The normalized spacial score (nSPS) is 45.8. The Morgan fingerprint density at radius 2 is 1.92 bits per heavy atom. The van der Waals surface area contributed by atoms with E-state index in [4.69, 9.17) is 5.14 Å². The third kappa shape index (κ3) is 0.907. The second-order valence-corrected chi connectivity index (χ2v) is 6.76. The topological polar surface area (TPSA) is 60.2 Å². The molecule has 3 aliphatic carbocycles. The maximum Gasteiger partial charge on any atom is 0.212 e. The summed E-state index contributed by atoms with van der Waals surface area (Å²) in [6.07, 6.45) is 5.72. The minimum Gasteiger partial charge on any atom is -0.228 e. The van der Waals surface area contributed by atoms with Gasteiger partial charge in [0.2, 0.25) is 10.0 Å². The standard InChI is InChI=1S/C9H15NO2S/c10-13(11,12)8-5-6-1-2-7(8)9(6)3-4-9/h6-8H,1-5H2,(H2,10,11,12). The summed E-state index contributed by atoms with van der Waals surface area (Å²) in [7, 11) is -3.26. The number of nitrogens with two attached hydrogens (primary N) is 1. The molecule has 3 rings (SSSR count). The molecule has 0 amide bonds. The van der Waals surface area contributed by atoms with E-state index >= 15 is 0 Å². The van der Waals surface area contributed by atoms with Crippen LogP contribution in [0.5, 0.6) is 0 Å². The van der Waals surface area contributed by atoms with Crippen molar-refractivity contribution in [3.05, 3.63) is 0 Å². The molecule has 4 heteroatoms. The molecule has 3 aliphatic rings. The van der Waals surface area contributed by atoms with Crippen LogP contribution >= 0.6 is 0 Å². The highest BCUT2D eigenvalue weighted by atomic mass is 32.2. The zero-order valence-corrected chi connectivity index (χ0v) is 8.39. The Morgan fingerprint density at radius 1 is 1.23 bits per heavy atom. The molecule has 2 bridgehead atoms. The van der Waals surface area contributed by atoms with Gasteiger partial charge in [0.1, 0.15) is 0 Å². The van der Waals surface area contributed by atoms with Gasteiger partial charge in [-0.05, 0) is 49.4 Å². The molecule has 1 spiro atoms. The molecule has 3 unspecified atom stereocenters. The number of primary sulfonamides is 1. The van der Waals surface area contributed by atoms with Gasteiger partial charge >= 0.3 is 0 Å². The van der Waals surface area contributed by atoms with Crippen molar-refractivity contribution in [2.45, 2.75) is 37.4 Å². The molecular formula is C9H15NO2S. The molecule has 2 N–H and O–H groups in total. The van der Waals surface area contributed by atoms with Gasteiger partial charge in [-0.2, -0.15) is 0 Å². The smallest absolute Gasteiger partial charge is 0.212 e. The summed E-state index contributed by atoms with van der Waals surface area (Å²) in [5.74, 6) is 1.09. The van der Waals surface area contributed by atoms with Crippen LogP contribution in [0.2, 0.25) is 0 Å². The van der Waals surface area contributed by atoms with Crippen LogP contribution < -0.4 is 5.14 Å². The van der Waals surface area contributed by atoms with Gasteiger partial charge < -0.3 is 0 Å². The maximum atomic E-state index is 11.3. The molecule has 3 nitrogen and oxygen atoms in total. The molecule has 0 saturated heterocycles. The van der Waals surface area contributed by atoms with Crippen molar-refractivity contribution in [3.63, 3.8) is 0 Å². The highest BCUT2D eigenvalue weighted by molar-refractivity contribution is 7.89. The van der Waals surface area contributed by atoms with Crippen molar-refractivity contribution < 1.29 is 8.42 Å². The molecule has 0 aliphatic heterocycles. The Bertz CT molecular complexity index is 345. The van der Waals surface area contributed by atoms with Crippen molar-refractivity contribution in [2.24, 2.45) is 22.4 Å². The SMILES string of the molecule is NS(=O)(=O)C1CC2CCC1C21CC1. The summed E-state index contributed by atoms with van der Waals surface area (Å²) in [6.45, 7) is 0. The Labute approximate surface area is 78.7 Å². The first-order valence-corrected chi connectivity index (χ1v) is 6.66. The van der Waals surface area contributed by atoms with Crippen LogP contribution in [-0.4, -0.2) is 13.7 Å². The molecule has 3 atom stereocenters. The van der Waals surface area contributed by atoms with Gasteiger partial charge in [-0.3, -0.25) is 0 Å². The summed E-state index contributed by atoms with van der Waals surface area (Å²) in [5, 5.41) is 5.05. The number of rotatable bonds is 1. The van der Waals surface area contributed by atoms with E-state index in [0.717, 1.165) is 12.8 Å². The zero-order chi connectivity index (χ0) is 9.27. The molecule has 0 aromatic rings. The highest BCUT2D eigenvalue weighted by Gasteiger charge is 2.66. The van der Waals surface area contributed by atoms with Gasteiger partial charge in [0.15, 0.2) is 0 Å². The third-order valence-corrected chi connectivity index (χ3v) is 5.96. The minimum atomic E-state index is -3.26. The fraction of sp³-hybridized carbons (Fsp3) is 1.00. The maximum absolute atomic E-state index is 11.3. The molecule has 0 radical (unpaired) electrons. The molecule has 3 saturated carbocycles. The average Bonchev–Trinajstić information content (AvgIpc) is 2.67. The number of hydrogen-bond acceptors (Lipinski definition) is 2. The minimum absolute atomic E-state index is 0.200. The van der Waals surface area contributed by atoms with Gasteiger partial charge in [-0.25, -0.2) is 13.6 Å². The number of hydrogen-bond donors (Lipinski definition) is 1. The monoisotopic (exact) mass is 201 g/mol. The Hall–Kier alpha value is -0.0900. The molecule has 0 aromatic heterocycles. The fourth-order valence-electron chi connectivity index (χ4n) is 3.90. The van der Waals surface area contributed by atoms with Gasteiger partial charge in [0.25, 0.3) is 0 Å². The van der Waals surface area contributed by atoms with E-state index in [1.807, 2.05) is 0 Å². The third-order valence-electron chi connectivity index (χ3n) is 4.59. The van der Waals surface area contributed by atoms with Gasteiger partial charge in [-0.15, -0.1) is 0 Å². The lowest BCUT2D eigenvalue weighted by Crippen LogP contribution is -2.33. The second-order valence-electron chi connectivity index (χ2n) is 4.98. The molecule has 3 fully saturated rings. The number of sulfonamides is 1. The lowest BCUT2D eigenvalue weighted by molar-refractivity contribution is 0.379. The highest BCUT2D eigenvalue weighted by Crippen LogP contribution is 2.71. The van der Waals surface area contributed by atoms with Crippen molar-refractivity contribution >= 4 is 10.0 Å². The van der Waals surface area contributed by atoms with Crippen LogP contribution in [0.25, 0.3) is 0 Å². The van der Waals surface area contributed by atoms with Crippen LogP contribution in [0, 0.1) is 17.3 Å². The quantitative estimate of drug-likeness (QED) is 0.683. The van der Waals surface area contributed by atoms with E-state index in [2.05, 4.69) is 0 Å². The molecule has 0 heterocycles. The van der Waals surface area contributed by atoms with Crippen molar-refractivity contribution in [1.82, 2.24) is 0 Å². The van der Waals surface area contributed by atoms with Crippen LogP contribution in [0.3, 0.4) is 0 Å². The van der Waals surface area contributed by atoms with E-state index < -0.39 is 10.0 Å². The lowest BCUT2D eigenvalue weighted by atomic mass is 9.94. The molecule has 74 valence electrons. The van der Waals surface area contributed by atoms with Gasteiger partial charge in [-0.1, -0.05) is 0 Å². The molecule has 13 heavy (non-hydrogen) atoms. The Morgan fingerprint density at radius 3 is 2.31 bits per heavy atom. The molecular weight excluding hydrogens is 186 g/mol. The van der Waals surface area contributed by atoms with E-state index in [-0.39, 0.29) is 5.25 Å². The van der Waals surface area contributed by atoms with Crippen LogP contribution in [0.4, 0.5) is 0 Å². The van der Waals surface area contributed by atoms with Crippen LogP contribution in [0.15, 0.2) is 0 Å². The van der Waals surface area contributed by atoms with Gasteiger partial charge in [0, 0.05) is 0 Å². The van der Waals surface area contributed by atoms with E-state index in [0.29, 0.717) is 17.3 Å². The van der Waals surface area contributed by atoms with E-state index in [1.54, 1.807) is 0 Å². The van der Waals surface area contributed by atoms with E-state index in [9.17, 15) is 8.42 Å². The van der Waals surface area contributed by atoms with E-state index in [1.165, 1.54) is 19.3 Å². The molecule has 0 aromatic carbocycles. The van der Waals surface area contributed by atoms with Crippen molar-refractivity contribution in [2.75, 3.05) is 0 Å². The second kappa shape index (κ2) is 2.11. The lowest BCUT2D eigenvalue weighted by Gasteiger charge is -2.19. The zero-order valence-electron chi connectivity index (χ0n) is 7.57. The summed E-state index contributed by atoms with van der Waals surface area (Å²) in [6, 6.07) is 0. The Balaban J connectivity index is 1.98. The first-order valence-electron chi connectivity index (χ1n) is 5.06. The predicted octanol–water partition coefficient (Wildman–Crippen LogP) is 0.854. The predicted molar refractivity (Wildman–Crippen MR) is 49.4 cm³/mol. The average molecular weight is 201 g/mol. The van der Waals surface area contributed by atoms with Crippen molar-refractivity contribution in [1.29, 1.82) is 0 Å². The summed E-state index contributed by atoms with van der Waals surface area (Å²) in [4.78, 5) is 0. The summed E-state index contributed by atoms with van der Waals surface area (Å²) >= 11 is 0.